The Morgan fingerprint density at radius 3 is 2.40 bits per heavy atom. The third-order valence-electron chi connectivity index (χ3n) is 5.10. The summed E-state index contributed by atoms with van der Waals surface area (Å²) in [5, 5.41) is 3.10. The van der Waals surface area contributed by atoms with Crippen LogP contribution in [0, 0.1) is 0 Å². The van der Waals surface area contributed by atoms with Crippen LogP contribution in [0.2, 0.25) is 0 Å². The highest BCUT2D eigenvalue weighted by molar-refractivity contribution is 5.95. The molecule has 160 valence electrons. The van der Waals surface area contributed by atoms with Crippen molar-refractivity contribution in [3.63, 3.8) is 0 Å². The van der Waals surface area contributed by atoms with E-state index in [9.17, 15) is 9.59 Å². The second-order valence-corrected chi connectivity index (χ2v) is 7.29. The number of benzene rings is 2. The van der Waals surface area contributed by atoms with E-state index in [4.69, 9.17) is 19.9 Å². The summed E-state index contributed by atoms with van der Waals surface area (Å²) in [6, 6.07) is 13.6. The number of hydrogen-bond acceptors (Lipinski definition) is 5. The van der Waals surface area contributed by atoms with E-state index < -0.39 is 5.91 Å². The van der Waals surface area contributed by atoms with E-state index in [1.165, 1.54) is 24.7 Å². The average molecular weight is 414 g/mol. The van der Waals surface area contributed by atoms with Crippen molar-refractivity contribution >= 4 is 11.8 Å². The van der Waals surface area contributed by atoms with Crippen molar-refractivity contribution in [2.24, 2.45) is 5.73 Å². The quantitative estimate of drug-likeness (QED) is 0.542. The van der Waals surface area contributed by atoms with Gasteiger partial charge in [-0.15, -0.1) is 0 Å². The molecule has 3 rings (SSSR count). The number of rotatable bonds is 9. The van der Waals surface area contributed by atoms with E-state index in [2.05, 4.69) is 17.4 Å². The van der Waals surface area contributed by atoms with Crippen LogP contribution in [0.25, 0.3) is 0 Å². The molecule has 0 bridgehead atoms. The number of nitrogens with two attached hydrogens (primary N) is 1. The molecule has 0 saturated carbocycles. The third-order valence-corrected chi connectivity index (χ3v) is 5.10. The molecule has 0 aliphatic carbocycles. The number of carbonyl (C=O) groups excluding carboxylic acids is 2. The minimum atomic E-state index is -0.621. The van der Waals surface area contributed by atoms with Crippen molar-refractivity contribution in [3.8, 4) is 17.2 Å². The zero-order chi connectivity index (χ0) is 21.5. The van der Waals surface area contributed by atoms with Crippen LogP contribution in [-0.4, -0.2) is 51.8 Å². The summed E-state index contributed by atoms with van der Waals surface area (Å²) < 4.78 is 16.0. The molecule has 8 nitrogen and oxygen atoms in total. The number of likely N-dealkylation sites (tertiary alicyclic amines) is 1. The number of hydrogen-bond donors (Lipinski definition) is 3. The Labute approximate surface area is 175 Å². The van der Waals surface area contributed by atoms with Crippen LogP contribution < -0.4 is 30.2 Å². The largest absolute Gasteiger partial charge is 0.493 e. The summed E-state index contributed by atoms with van der Waals surface area (Å²) in [7, 11) is 2.91. The number of primary amides is 1. The SMILES string of the molecule is COc1cc(C(=O)N[C@H]2CC[NH+](Cc3ccccc3)C2)cc(OC)c1OCC(N)=O. The summed E-state index contributed by atoms with van der Waals surface area (Å²) in [6.45, 7) is 2.50. The summed E-state index contributed by atoms with van der Waals surface area (Å²) in [6.07, 6.45) is 0.919. The minimum absolute atomic E-state index is 0.0963. The zero-order valence-corrected chi connectivity index (χ0v) is 17.3. The molecule has 2 aromatic rings. The van der Waals surface area contributed by atoms with Gasteiger partial charge in [0.05, 0.1) is 33.4 Å². The van der Waals surface area contributed by atoms with Gasteiger partial charge in [-0.3, -0.25) is 9.59 Å². The lowest BCUT2D eigenvalue weighted by Crippen LogP contribution is -3.09. The van der Waals surface area contributed by atoms with Gasteiger partial charge in [0.2, 0.25) is 5.75 Å². The molecular weight excluding hydrogens is 386 g/mol. The summed E-state index contributed by atoms with van der Waals surface area (Å²) in [5.41, 5.74) is 6.83. The molecule has 30 heavy (non-hydrogen) atoms. The number of quaternary nitrogens is 1. The first-order valence-corrected chi connectivity index (χ1v) is 9.85. The first-order chi connectivity index (χ1) is 14.5. The highest BCUT2D eigenvalue weighted by Crippen LogP contribution is 2.38. The highest BCUT2D eigenvalue weighted by Gasteiger charge is 2.28. The van der Waals surface area contributed by atoms with E-state index in [0.717, 1.165) is 26.1 Å². The molecular formula is C22H28N3O5+. The van der Waals surface area contributed by atoms with Gasteiger partial charge in [0, 0.05) is 17.5 Å². The molecule has 4 N–H and O–H groups in total. The van der Waals surface area contributed by atoms with E-state index in [-0.39, 0.29) is 24.3 Å². The molecule has 1 unspecified atom stereocenters. The van der Waals surface area contributed by atoms with Crippen LogP contribution >= 0.6 is 0 Å². The number of nitrogens with one attached hydrogen (secondary N) is 2. The van der Waals surface area contributed by atoms with Gasteiger partial charge in [0.15, 0.2) is 18.1 Å². The average Bonchev–Trinajstić information content (AvgIpc) is 3.18. The lowest BCUT2D eigenvalue weighted by molar-refractivity contribution is -0.901. The lowest BCUT2D eigenvalue weighted by atomic mass is 10.1. The Balaban J connectivity index is 1.65. The third kappa shape index (κ3) is 5.42. The van der Waals surface area contributed by atoms with Gasteiger partial charge in [-0.05, 0) is 12.1 Å². The van der Waals surface area contributed by atoms with Crippen LogP contribution in [0.4, 0.5) is 0 Å². The topological polar surface area (TPSA) is 104 Å². The highest BCUT2D eigenvalue weighted by atomic mass is 16.5. The van der Waals surface area contributed by atoms with E-state index >= 15 is 0 Å². The molecule has 1 heterocycles. The monoisotopic (exact) mass is 414 g/mol. The van der Waals surface area contributed by atoms with Crippen molar-refractivity contribution in [2.45, 2.75) is 19.0 Å². The molecule has 0 aromatic heterocycles. The molecule has 1 fully saturated rings. The van der Waals surface area contributed by atoms with Gasteiger partial charge in [0.1, 0.15) is 6.54 Å². The van der Waals surface area contributed by atoms with Gasteiger partial charge in [0.25, 0.3) is 11.8 Å². The molecule has 0 radical (unpaired) electrons. The van der Waals surface area contributed by atoms with E-state index in [1.54, 1.807) is 12.1 Å². The maximum atomic E-state index is 12.8. The van der Waals surface area contributed by atoms with E-state index in [1.807, 2.05) is 18.2 Å². The predicted octanol–water partition coefficient (Wildman–Crippen LogP) is 0.155. The molecule has 2 aromatic carbocycles. The number of methoxy groups -OCH3 is 2. The number of carbonyl (C=O) groups is 2. The maximum absolute atomic E-state index is 12.8. The Kier molecular flexibility index (Phi) is 7.13. The van der Waals surface area contributed by atoms with Crippen molar-refractivity contribution in [1.82, 2.24) is 5.32 Å². The van der Waals surface area contributed by atoms with E-state index in [0.29, 0.717) is 17.1 Å². The first-order valence-electron chi connectivity index (χ1n) is 9.85. The zero-order valence-electron chi connectivity index (χ0n) is 17.3. The fourth-order valence-corrected chi connectivity index (χ4v) is 3.66. The molecule has 8 heteroatoms. The van der Waals surface area contributed by atoms with Crippen LogP contribution in [0.1, 0.15) is 22.3 Å². The Morgan fingerprint density at radius 1 is 1.13 bits per heavy atom. The maximum Gasteiger partial charge on any atom is 0.255 e. The molecule has 2 atom stereocenters. The van der Waals surface area contributed by atoms with Crippen LogP contribution in [-0.2, 0) is 11.3 Å². The van der Waals surface area contributed by atoms with Gasteiger partial charge in [-0.1, -0.05) is 30.3 Å². The molecule has 2 amide bonds. The summed E-state index contributed by atoms with van der Waals surface area (Å²) in [5.74, 6) is -0.00886. The first kappa shape index (κ1) is 21.4. The molecule has 0 spiro atoms. The Morgan fingerprint density at radius 2 is 1.80 bits per heavy atom. The Bertz CT molecular complexity index is 863. The standard InChI is InChI=1S/C22H27N3O5/c1-28-18-10-16(11-19(29-2)21(18)30-14-20(23)26)22(27)24-17-8-9-25(13-17)12-15-6-4-3-5-7-15/h3-7,10-11,17H,8-9,12-14H2,1-2H3,(H2,23,26)(H,24,27)/p+1/t17-/m0/s1. The summed E-state index contributed by atoms with van der Waals surface area (Å²) >= 11 is 0. The minimum Gasteiger partial charge on any atom is -0.493 e. The molecule has 1 saturated heterocycles. The van der Waals surface area contributed by atoms with Crippen molar-refractivity contribution in [1.29, 1.82) is 0 Å². The van der Waals surface area contributed by atoms with Crippen molar-refractivity contribution in [3.05, 3.63) is 53.6 Å². The van der Waals surface area contributed by atoms with Gasteiger partial charge < -0.3 is 30.2 Å². The summed E-state index contributed by atoms with van der Waals surface area (Å²) in [4.78, 5) is 25.3. The fraction of sp³-hybridized carbons (Fsp3) is 0.364. The second kappa shape index (κ2) is 9.98. The van der Waals surface area contributed by atoms with Gasteiger partial charge in [-0.25, -0.2) is 0 Å². The smallest absolute Gasteiger partial charge is 0.255 e. The van der Waals surface area contributed by atoms with Crippen LogP contribution in [0.15, 0.2) is 42.5 Å². The molecule has 1 aliphatic rings. The van der Waals surface area contributed by atoms with Gasteiger partial charge in [-0.2, -0.15) is 0 Å². The predicted molar refractivity (Wildman–Crippen MR) is 111 cm³/mol. The van der Waals surface area contributed by atoms with Crippen molar-refractivity contribution in [2.75, 3.05) is 33.9 Å². The normalized spacial score (nSPS) is 17.9. The van der Waals surface area contributed by atoms with Crippen molar-refractivity contribution < 1.29 is 28.7 Å². The van der Waals surface area contributed by atoms with Crippen LogP contribution in [0.3, 0.4) is 0 Å². The fourth-order valence-electron chi connectivity index (χ4n) is 3.66. The number of ether oxygens (including phenoxy) is 3. The lowest BCUT2D eigenvalue weighted by Gasteiger charge is -2.17. The molecule has 1 aliphatic heterocycles. The second-order valence-electron chi connectivity index (χ2n) is 7.29. The van der Waals surface area contributed by atoms with Crippen LogP contribution in [0.5, 0.6) is 17.2 Å². The van der Waals surface area contributed by atoms with Gasteiger partial charge >= 0.3 is 0 Å². The Hall–Kier alpha value is -3.26. The number of amides is 2.